The number of hydrogen-bond acceptors (Lipinski definition) is 6. The third-order valence-corrected chi connectivity index (χ3v) is 3.37. The average Bonchev–Trinajstić information content (AvgIpc) is 2.95. The van der Waals surface area contributed by atoms with Gasteiger partial charge in [0.1, 0.15) is 5.82 Å². The van der Waals surface area contributed by atoms with E-state index in [-0.39, 0.29) is 0 Å². The zero-order chi connectivity index (χ0) is 14.4. The topological polar surface area (TPSA) is 81.8 Å². The second-order valence-electron chi connectivity index (χ2n) is 4.59. The number of aromatic amines is 1. The Bertz CT molecular complexity index is 532. The van der Waals surface area contributed by atoms with Crippen molar-refractivity contribution < 1.29 is 0 Å². The van der Waals surface area contributed by atoms with Gasteiger partial charge in [-0.1, -0.05) is 13.8 Å². The summed E-state index contributed by atoms with van der Waals surface area (Å²) in [5, 5.41) is 14.1. The lowest BCUT2D eigenvalue weighted by Crippen LogP contribution is -2.25. The van der Waals surface area contributed by atoms with Gasteiger partial charge in [-0.3, -0.25) is 5.10 Å². The molecular formula is C13H23N7. The summed E-state index contributed by atoms with van der Waals surface area (Å²) in [7, 11) is 1.81. The van der Waals surface area contributed by atoms with E-state index in [2.05, 4.69) is 49.5 Å². The summed E-state index contributed by atoms with van der Waals surface area (Å²) in [4.78, 5) is 11.2. The lowest BCUT2D eigenvalue weighted by molar-refractivity contribution is 0.303. The predicted molar refractivity (Wildman–Crippen MR) is 82.1 cm³/mol. The number of anilines is 2. The maximum Gasteiger partial charge on any atom is 0.226 e. The first-order valence-electron chi connectivity index (χ1n) is 7.13. The highest BCUT2D eigenvalue weighted by Crippen LogP contribution is 2.19. The Morgan fingerprint density at radius 1 is 1.25 bits per heavy atom. The lowest BCUT2D eigenvalue weighted by Gasteiger charge is -2.17. The Morgan fingerprint density at radius 2 is 2.05 bits per heavy atom. The Morgan fingerprint density at radius 3 is 2.75 bits per heavy atom. The van der Waals surface area contributed by atoms with Crippen molar-refractivity contribution in [3.05, 3.63) is 6.20 Å². The van der Waals surface area contributed by atoms with Crippen molar-refractivity contribution in [2.75, 3.05) is 43.9 Å². The van der Waals surface area contributed by atoms with Gasteiger partial charge in [0.25, 0.3) is 0 Å². The van der Waals surface area contributed by atoms with Crippen LogP contribution < -0.4 is 10.6 Å². The summed E-state index contributed by atoms with van der Waals surface area (Å²) in [5.41, 5.74) is 0.746. The van der Waals surface area contributed by atoms with Crippen LogP contribution in [0.5, 0.6) is 0 Å². The van der Waals surface area contributed by atoms with Gasteiger partial charge < -0.3 is 15.5 Å². The summed E-state index contributed by atoms with van der Waals surface area (Å²) >= 11 is 0. The van der Waals surface area contributed by atoms with E-state index in [0.29, 0.717) is 5.95 Å². The fraction of sp³-hybridized carbons (Fsp3) is 0.615. The SMILES string of the molecule is CCN(CC)CCCNc1nc(NC)nc2[nH]ncc12. The molecule has 0 aliphatic heterocycles. The third kappa shape index (κ3) is 3.36. The number of hydrogen-bond donors (Lipinski definition) is 3. The van der Waals surface area contributed by atoms with Crippen LogP contribution in [0.2, 0.25) is 0 Å². The van der Waals surface area contributed by atoms with Gasteiger partial charge in [0.2, 0.25) is 5.95 Å². The summed E-state index contributed by atoms with van der Waals surface area (Å²) in [6.07, 6.45) is 2.83. The molecule has 0 aliphatic rings. The molecule has 2 heterocycles. The summed E-state index contributed by atoms with van der Waals surface area (Å²) in [6.45, 7) is 8.56. The Balaban J connectivity index is 1.97. The molecule has 110 valence electrons. The molecule has 0 bridgehead atoms. The van der Waals surface area contributed by atoms with Crippen LogP contribution >= 0.6 is 0 Å². The first kappa shape index (κ1) is 14.5. The largest absolute Gasteiger partial charge is 0.369 e. The van der Waals surface area contributed by atoms with E-state index in [9.17, 15) is 0 Å². The maximum atomic E-state index is 4.44. The van der Waals surface area contributed by atoms with Crippen molar-refractivity contribution in [1.82, 2.24) is 25.1 Å². The van der Waals surface area contributed by atoms with Crippen LogP contribution in [0.3, 0.4) is 0 Å². The van der Waals surface area contributed by atoms with Crippen LogP contribution in [-0.4, -0.2) is 58.3 Å². The number of rotatable bonds is 8. The van der Waals surface area contributed by atoms with Crippen molar-refractivity contribution in [3.63, 3.8) is 0 Å². The molecule has 0 saturated heterocycles. The van der Waals surface area contributed by atoms with E-state index in [0.717, 1.165) is 49.5 Å². The second-order valence-corrected chi connectivity index (χ2v) is 4.59. The molecule has 0 aromatic carbocycles. The molecule has 0 spiro atoms. The standard InChI is InChI=1S/C13H23N7/c1-4-20(5-2)8-6-7-15-11-10-9-16-19-12(10)18-13(14-3)17-11/h9H,4-8H2,1-3H3,(H3,14,15,16,17,18,19). The fourth-order valence-electron chi connectivity index (χ4n) is 2.13. The Kier molecular flexibility index (Phi) is 5.11. The molecule has 7 nitrogen and oxygen atoms in total. The third-order valence-electron chi connectivity index (χ3n) is 3.37. The zero-order valence-electron chi connectivity index (χ0n) is 12.4. The number of aromatic nitrogens is 4. The number of fused-ring (bicyclic) bond motifs is 1. The van der Waals surface area contributed by atoms with Gasteiger partial charge in [-0.05, 0) is 26.1 Å². The van der Waals surface area contributed by atoms with E-state index in [1.165, 1.54) is 0 Å². The lowest BCUT2D eigenvalue weighted by atomic mass is 10.3. The van der Waals surface area contributed by atoms with Crippen LogP contribution in [0.25, 0.3) is 11.0 Å². The van der Waals surface area contributed by atoms with Crippen molar-refractivity contribution in [2.45, 2.75) is 20.3 Å². The molecule has 0 aliphatic carbocycles. The molecule has 20 heavy (non-hydrogen) atoms. The molecule has 3 N–H and O–H groups in total. The molecule has 2 rings (SSSR count). The molecule has 0 fully saturated rings. The van der Waals surface area contributed by atoms with Crippen molar-refractivity contribution >= 4 is 22.8 Å². The number of H-pyrrole nitrogens is 1. The van der Waals surface area contributed by atoms with Gasteiger partial charge in [0, 0.05) is 13.6 Å². The van der Waals surface area contributed by atoms with Gasteiger partial charge in [0.15, 0.2) is 5.65 Å². The number of nitrogens with zero attached hydrogens (tertiary/aromatic N) is 4. The highest BCUT2D eigenvalue weighted by molar-refractivity contribution is 5.86. The summed E-state index contributed by atoms with van der Waals surface area (Å²) in [5.74, 6) is 1.42. The summed E-state index contributed by atoms with van der Waals surface area (Å²) < 4.78 is 0. The van der Waals surface area contributed by atoms with Crippen LogP contribution in [0.4, 0.5) is 11.8 Å². The Labute approximate surface area is 119 Å². The molecule has 0 saturated carbocycles. The number of nitrogens with one attached hydrogen (secondary N) is 3. The molecule has 0 atom stereocenters. The van der Waals surface area contributed by atoms with E-state index >= 15 is 0 Å². The van der Waals surface area contributed by atoms with E-state index in [1.54, 1.807) is 6.20 Å². The highest BCUT2D eigenvalue weighted by atomic mass is 15.2. The van der Waals surface area contributed by atoms with Crippen LogP contribution in [-0.2, 0) is 0 Å². The predicted octanol–water partition coefficient (Wildman–Crippen LogP) is 1.54. The molecule has 7 heteroatoms. The zero-order valence-corrected chi connectivity index (χ0v) is 12.4. The van der Waals surface area contributed by atoms with E-state index < -0.39 is 0 Å². The molecular weight excluding hydrogens is 254 g/mol. The smallest absolute Gasteiger partial charge is 0.226 e. The highest BCUT2D eigenvalue weighted by Gasteiger charge is 2.08. The minimum atomic E-state index is 0.591. The molecule has 0 amide bonds. The van der Waals surface area contributed by atoms with Crippen molar-refractivity contribution in [1.29, 1.82) is 0 Å². The van der Waals surface area contributed by atoms with Gasteiger partial charge >= 0.3 is 0 Å². The van der Waals surface area contributed by atoms with Gasteiger partial charge in [-0.25, -0.2) is 0 Å². The first-order chi connectivity index (χ1) is 9.78. The minimum Gasteiger partial charge on any atom is -0.369 e. The van der Waals surface area contributed by atoms with E-state index in [1.807, 2.05) is 7.05 Å². The molecule has 0 unspecified atom stereocenters. The van der Waals surface area contributed by atoms with E-state index in [4.69, 9.17) is 0 Å². The van der Waals surface area contributed by atoms with Gasteiger partial charge in [-0.2, -0.15) is 15.1 Å². The fourth-order valence-corrected chi connectivity index (χ4v) is 2.13. The van der Waals surface area contributed by atoms with Gasteiger partial charge in [-0.15, -0.1) is 0 Å². The van der Waals surface area contributed by atoms with Gasteiger partial charge in [0.05, 0.1) is 11.6 Å². The van der Waals surface area contributed by atoms with Crippen LogP contribution in [0.1, 0.15) is 20.3 Å². The Hall–Kier alpha value is -1.89. The van der Waals surface area contributed by atoms with Crippen molar-refractivity contribution in [2.24, 2.45) is 0 Å². The second kappa shape index (κ2) is 7.04. The first-order valence-corrected chi connectivity index (χ1v) is 7.13. The monoisotopic (exact) mass is 277 g/mol. The molecule has 2 aromatic heterocycles. The quantitative estimate of drug-likeness (QED) is 0.635. The van der Waals surface area contributed by atoms with Crippen molar-refractivity contribution in [3.8, 4) is 0 Å². The van der Waals surface area contributed by atoms with Crippen LogP contribution in [0, 0.1) is 0 Å². The normalized spacial score (nSPS) is 11.2. The molecule has 0 radical (unpaired) electrons. The maximum absolute atomic E-state index is 4.44. The summed E-state index contributed by atoms with van der Waals surface area (Å²) in [6, 6.07) is 0. The average molecular weight is 277 g/mol. The molecule has 2 aromatic rings. The minimum absolute atomic E-state index is 0.591. The van der Waals surface area contributed by atoms with Crippen LogP contribution in [0.15, 0.2) is 6.20 Å².